The standard InChI is InChI=1S/C22H26N6O/c23-21-19-16(14-5-2-1-3-6-14)11-17(28-22(19)27-13-26-21)15-7-4-8-25-20(15)18-12-24-9-10-29-18/h4,7-8,11,13-14,18,24H,1-3,5-6,9-10,12H2,(H2,23,26,27,28). The van der Waals surface area contributed by atoms with E-state index in [9.17, 15) is 0 Å². The maximum atomic E-state index is 6.27. The average Bonchev–Trinajstić information content (AvgIpc) is 2.80. The summed E-state index contributed by atoms with van der Waals surface area (Å²) in [7, 11) is 0. The maximum Gasteiger partial charge on any atom is 0.165 e. The minimum atomic E-state index is -0.0777. The fourth-order valence-corrected chi connectivity index (χ4v) is 4.62. The zero-order chi connectivity index (χ0) is 19.6. The minimum Gasteiger partial charge on any atom is -0.383 e. The van der Waals surface area contributed by atoms with E-state index in [4.69, 9.17) is 15.5 Å². The number of nitrogens with zero attached hydrogens (tertiary/aromatic N) is 4. The van der Waals surface area contributed by atoms with E-state index in [1.165, 1.54) is 44.0 Å². The van der Waals surface area contributed by atoms with Crippen molar-refractivity contribution in [2.24, 2.45) is 0 Å². The van der Waals surface area contributed by atoms with Crippen LogP contribution in [0.25, 0.3) is 22.3 Å². The number of nitrogens with two attached hydrogens (primary N) is 1. The van der Waals surface area contributed by atoms with E-state index in [1.807, 2.05) is 12.3 Å². The summed E-state index contributed by atoms with van der Waals surface area (Å²) in [6, 6.07) is 6.22. The Morgan fingerprint density at radius 3 is 2.83 bits per heavy atom. The molecule has 0 amide bonds. The van der Waals surface area contributed by atoms with Crippen molar-refractivity contribution >= 4 is 16.9 Å². The Bertz CT molecular complexity index is 1010. The number of hydrogen-bond acceptors (Lipinski definition) is 7. The quantitative estimate of drug-likeness (QED) is 0.707. The Morgan fingerprint density at radius 2 is 2.00 bits per heavy atom. The molecule has 2 fully saturated rings. The van der Waals surface area contributed by atoms with Crippen molar-refractivity contribution < 1.29 is 4.74 Å². The molecule has 1 unspecified atom stereocenters. The molecule has 7 nitrogen and oxygen atoms in total. The van der Waals surface area contributed by atoms with Crippen molar-refractivity contribution in [1.82, 2.24) is 25.3 Å². The van der Waals surface area contributed by atoms with Crippen LogP contribution in [0.15, 0.2) is 30.7 Å². The van der Waals surface area contributed by atoms with E-state index in [-0.39, 0.29) is 6.10 Å². The number of aromatic nitrogens is 4. The van der Waals surface area contributed by atoms with Crippen LogP contribution in [0, 0.1) is 0 Å². The monoisotopic (exact) mass is 390 g/mol. The number of nitrogens with one attached hydrogen (secondary N) is 1. The van der Waals surface area contributed by atoms with Crippen LogP contribution in [0.5, 0.6) is 0 Å². The highest BCUT2D eigenvalue weighted by Crippen LogP contribution is 2.39. The highest BCUT2D eigenvalue weighted by atomic mass is 16.5. The molecule has 1 saturated carbocycles. The summed E-state index contributed by atoms with van der Waals surface area (Å²) in [6.45, 7) is 2.31. The first-order valence-electron chi connectivity index (χ1n) is 10.5. The molecule has 2 aliphatic rings. The van der Waals surface area contributed by atoms with Crippen molar-refractivity contribution in [3.63, 3.8) is 0 Å². The summed E-state index contributed by atoms with van der Waals surface area (Å²) in [4.78, 5) is 18.2. The normalized spacial score (nSPS) is 20.8. The molecule has 3 N–H and O–H groups in total. The molecule has 1 saturated heterocycles. The van der Waals surface area contributed by atoms with Gasteiger partial charge in [-0.1, -0.05) is 19.3 Å². The SMILES string of the molecule is Nc1ncnc2nc(-c3cccnc3C3CNCCO3)cc(C3CCCCC3)c12. The Morgan fingerprint density at radius 1 is 1.10 bits per heavy atom. The summed E-state index contributed by atoms with van der Waals surface area (Å²) in [5.74, 6) is 0.981. The van der Waals surface area contributed by atoms with E-state index in [1.54, 1.807) is 0 Å². The van der Waals surface area contributed by atoms with E-state index in [2.05, 4.69) is 32.4 Å². The van der Waals surface area contributed by atoms with Gasteiger partial charge in [-0.15, -0.1) is 0 Å². The molecule has 29 heavy (non-hydrogen) atoms. The highest BCUT2D eigenvalue weighted by molar-refractivity contribution is 5.91. The molecule has 3 aromatic heterocycles. The molecule has 150 valence electrons. The number of morpholine rings is 1. The molecule has 5 rings (SSSR count). The van der Waals surface area contributed by atoms with Gasteiger partial charge in [-0.2, -0.15) is 0 Å². The van der Waals surface area contributed by atoms with Crippen LogP contribution in [0.1, 0.15) is 55.4 Å². The van der Waals surface area contributed by atoms with Gasteiger partial charge in [0.15, 0.2) is 5.65 Å². The second-order valence-corrected chi connectivity index (χ2v) is 7.89. The van der Waals surface area contributed by atoms with Crippen molar-refractivity contribution in [2.45, 2.75) is 44.1 Å². The molecule has 1 aliphatic carbocycles. The first-order valence-corrected chi connectivity index (χ1v) is 10.5. The van der Waals surface area contributed by atoms with Gasteiger partial charge in [-0.3, -0.25) is 4.98 Å². The van der Waals surface area contributed by atoms with Gasteiger partial charge in [0.2, 0.25) is 0 Å². The lowest BCUT2D eigenvalue weighted by Gasteiger charge is -2.26. The first kappa shape index (κ1) is 18.4. The molecular formula is C22H26N6O. The van der Waals surface area contributed by atoms with Gasteiger partial charge >= 0.3 is 0 Å². The van der Waals surface area contributed by atoms with Gasteiger partial charge < -0.3 is 15.8 Å². The molecule has 7 heteroatoms. The number of ether oxygens (including phenoxy) is 1. The van der Waals surface area contributed by atoms with Crippen LogP contribution in [0.2, 0.25) is 0 Å². The van der Waals surface area contributed by atoms with E-state index >= 15 is 0 Å². The third kappa shape index (κ3) is 3.56. The average molecular weight is 390 g/mol. The Hall–Kier alpha value is -2.64. The van der Waals surface area contributed by atoms with Crippen molar-refractivity contribution in [3.05, 3.63) is 42.0 Å². The lowest BCUT2D eigenvalue weighted by molar-refractivity contribution is 0.0254. The lowest BCUT2D eigenvalue weighted by Crippen LogP contribution is -2.34. The number of pyridine rings is 2. The molecule has 4 heterocycles. The zero-order valence-corrected chi connectivity index (χ0v) is 16.5. The first-order chi connectivity index (χ1) is 14.3. The van der Waals surface area contributed by atoms with Crippen LogP contribution >= 0.6 is 0 Å². The van der Waals surface area contributed by atoms with Crippen LogP contribution in [-0.4, -0.2) is 39.6 Å². The minimum absolute atomic E-state index is 0.0777. The van der Waals surface area contributed by atoms with Crippen molar-refractivity contribution in [3.8, 4) is 11.3 Å². The third-order valence-electron chi connectivity index (χ3n) is 6.06. The van der Waals surface area contributed by atoms with Crippen LogP contribution in [0.4, 0.5) is 5.82 Å². The highest BCUT2D eigenvalue weighted by Gasteiger charge is 2.25. The fraction of sp³-hybridized carbons (Fsp3) is 0.455. The van der Waals surface area contributed by atoms with Crippen LogP contribution in [0.3, 0.4) is 0 Å². The fourth-order valence-electron chi connectivity index (χ4n) is 4.62. The van der Waals surface area contributed by atoms with Crippen molar-refractivity contribution in [2.75, 3.05) is 25.4 Å². The summed E-state index contributed by atoms with van der Waals surface area (Å²) in [5.41, 5.74) is 11.0. The molecule has 0 spiro atoms. The van der Waals surface area contributed by atoms with Gasteiger partial charge in [-0.25, -0.2) is 15.0 Å². The predicted molar refractivity (Wildman–Crippen MR) is 112 cm³/mol. The molecule has 0 aromatic carbocycles. The Kier molecular flexibility index (Phi) is 5.08. The van der Waals surface area contributed by atoms with Crippen molar-refractivity contribution in [1.29, 1.82) is 0 Å². The smallest absolute Gasteiger partial charge is 0.165 e. The largest absolute Gasteiger partial charge is 0.383 e. The van der Waals surface area contributed by atoms with Gasteiger partial charge in [0, 0.05) is 24.8 Å². The number of fused-ring (bicyclic) bond motifs is 1. The van der Waals surface area contributed by atoms with E-state index in [0.29, 0.717) is 24.0 Å². The summed E-state index contributed by atoms with van der Waals surface area (Å²) >= 11 is 0. The zero-order valence-electron chi connectivity index (χ0n) is 16.5. The number of hydrogen-bond donors (Lipinski definition) is 2. The van der Waals surface area contributed by atoms with Crippen LogP contribution in [-0.2, 0) is 4.74 Å². The molecular weight excluding hydrogens is 364 g/mol. The molecule has 1 atom stereocenters. The maximum absolute atomic E-state index is 6.27. The summed E-state index contributed by atoms with van der Waals surface area (Å²) in [5, 5.41) is 4.30. The number of rotatable bonds is 3. The molecule has 3 aromatic rings. The lowest BCUT2D eigenvalue weighted by atomic mass is 9.82. The topological polar surface area (TPSA) is 98.8 Å². The van der Waals surface area contributed by atoms with Gasteiger partial charge in [0.05, 0.1) is 23.4 Å². The van der Waals surface area contributed by atoms with E-state index < -0.39 is 0 Å². The number of nitrogen functional groups attached to an aromatic ring is 1. The summed E-state index contributed by atoms with van der Waals surface area (Å²) in [6.07, 6.45) is 9.37. The van der Waals surface area contributed by atoms with E-state index in [0.717, 1.165) is 35.4 Å². The molecule has 0 bridgehead atoms. The number of anilines is 1. The second kappa shape index (κ2) is 8.00. The van der Waals surface area contributed by atoms with Gasteiger partial charge in [0.25, 0.3) is 0 Å². The van der Waals surface area contributed by atoms with Gasteiger partial charge in [-0.05, 0) is 42.5 Å². The predicted octanol–water partition coefficient (Wildman–Crippen LogP) is 3.38. The molecule has 1 aliphatic heterocycles. The van der Waals surface area contributed by atoms with Gasteiger partial charge in [0.1, 0.15) is 18.2 Å². The van der Waals surface area contributed by atoms with Crippen LogP contribution < -0.4 is 11.1 Å². The molecule has 0 radical (unpaired) electrons. The summed E-state index contributed by atoms with van der Waals surface area (Å²) < 4.78 is 5.98. The second-order valence-electron chi connectivity index (χ2n) is 7.89. The third-order valence-corrected chi connectivity index (χ3v) is 6.06. The Balaban J connectivity index is 1.67. The Labute approximate surface area is 170 Å².